The second kappa shape index (κ2) is 8.59. The van der Waals surface area contributed by atoms with Crippen LogP contribution in [-0.2, 0) is 0 Å². The number of unbranched alkanes of at least 4 members (excludes halogenated alkanes) is 1. The number of hydrogen-bond donors (Lipinski definition) is 1. The number of halogens is 1. The monoisotopic (exact) mass is 335 g/mol. The molecule has 1 aromatic carbocycles. The first kappa shape index (κ1) is 18.1. The Balaban J connectivity index is 0.00000192. The first-order chi connectivity index (χ1) is 10.8. The summed E-state index contributed by atoms with van der Waals surface area (Å²) < 4.78 is 5.66. The fraction of sp³-hybridized carbons (Fsp3) is 0.579. The van der Waals surface area contributed by atoms with Crippen molar-refractivity contribution >= 4 is 12.4 Å². The highest BCUT2D eigenvalue weighted by Crippen LogP contribution is 2.31. The third kappa shape index (κ3) is 4.41. The van der Waals surface area contributed by atoms with Crippen molar-refractivity contribution in [2.75, 3.05) is 19.7 Å². The lowest BCUT2D eigenvalue weighted by atomic mass is 9.81. The normalized spacial score (nSPS) is 28.4. The Morgan fingerprint density at radius 3 is 2.52 bits per heavy atom. The molecule has 126 valence electrons. The van der Waals surface area contributed by atoms with Crippen molar-refractivity contribution < 1.29 is 9.84 Å². The highest BCUT2D eigenvalue weighted by molar-refractivity contribution is 5.85. The SMILES string of the molecule is CCCCOc1ccc(C#CC2C(O)C3CCN2CC3)cc1.Cl. The Morgan fingerprint density at radius 1 is 1.22 bits per heavy atom. The van der Waals surface area contributed by atoms with E-state index in [-0.39, 0.29) is 24.6 Å². The predicted molar refractivity (Wildman–Crippen MR) is 95.1 cm³/mol. The van der Waals surface area contributed by atoms with E-state index in [0.717, 1.165) is 56.7 Å². The fourth-order valence-electron chi connectivity index (χ4n) is 3.32. The van der Waals surface area contributed by atoms with Crippen molar-refractivity contribution in [3.8, 4) is 17.6 Å². The van der Waals surface area contributed by atoms with Crippen LogP contribution in [0.15, 0.2) is 24.3 Å². The molecule has 3 nitrogen and oxygen atoms in total. The largest absolute Gasteiger partial charge is 0.494 e. The average molecular weight is 336 g/mol. The molecular weight excluding hydrogens is 310 g/mol. The molecule has 0 saturated carbocycles. The van der Waals surface area contributed by atoms with Gasteiger partial charge in [-0.1, -0.05) is 25.2 Å². The molecule has 23 heavy (non-hydrogen) atoms. The van der Waals surface area contributed by atoms with E-state index in [2.05, 4.69) is 23.7 Å². The highest BCUT2D eigenvalue weighted by atomic mass is 35.5. The van der Waals surface area contributed by atoms with Crippen LogP contribution >= 0.6 is 12.4 Å². The molecule has 1 N–H and O–H groups in total. The maximum absolute atomic E-state index is 10.3. The molecule has 0 aliphatic carbocycles. The zero-order chi connectivity index (χ0) is 15.4. The van der Waals surface area contributed by atoms with Crippen molar-refractivity contribution in [1.82, 2.24) is 4.90 Å². The predicted octanol–water partition coefficient (Wildman–Crippen LogP) is 3.09. The van der Waals surface area contributed by atoms with Crippen LogP contribution in [0.2, 0.25) is 0 Å². The molecule has 3 saturated heterocycles. The second-order valence-electron chi connectivity index (χ2n) is 6.30. The van der Waals surface area contributed by atoms with Gasteiger partial charge < -0.3 is 9.84 Å². The minimum Gasteiger partial charge on any atom is -0.494 e. The van der Waals surface area contributed by atoms with E-state index in [1.54, 1.807) is 0 Å². The number of aliphatic hydroxyl groups is 1. The Hall–Kier alpha value is -1.21. The summed E-state index contributed by atoms with van der Waals surface area (Å²) >= 11 is 0. The van der Waals surface area contributed by atoms with E-state index in [0.29, 0.717) is 5.92 Å². The standard InChI is InChI=1S/C19H25NO2.ClH/c1-2-3-14-22-17-7-4-15(5-8-17)6-9-18-19(21)16-10-12-20(18)13-11-16;/h4-5,7-8,16,18-19,21H,2-3,10-14H2,1H3;1H. The smallest absolute Gasteiger partial charge is 0.119 e. The lowest BCUT2D eigenvalue weighted by molar-refractivity contribution is -0.0500. The Kier molecular flexibility index (Phi) is 6.77. The van der Waals surface area contributed by atoms with Crippen LogP contribution in [0.4, 0.5) is 0 Å². The van der Waals surface area contributed by atoms with Crippen LogP contribution in [-0.4, -0.2) is 41.8 Å². The Morgan fingerprint density at radius 2 is 1.91 bits per heavy atom. The van der Waals surface area contributed by atoms with E-state index in [4.69, 9.17) is 4.74 Å². The van der Waals surface area contributed by atoms with Gasteiger partial charge in [0.1, 0.15) is 5.75 Å². The van der Waals surface area contributed by atoms with E-state index in [1.807, 2.05) is 24.3 Å². The number of hydrogen-bond acceptors (Lipinski definition) is 3. The number of aliphatic hydroxyl groups excluding tert-OH is 1. The van der Waals surface area contributed by atoms with Crippen LogP contribution in [0.25, 0.3) is 0 Å². The summed E-state index contributed by atoms with van der Waals surface area (Å²) in [4.78, 5) is 2.32. The van der Waals surface area contributed by atoms with Gasteiger partial charge in [-0.15, -0.1) is 12.4 Å². The first-order valence-electron chi connectivity index (χ1n) is 8.44. The highest BCUT2D eigenvalue weighted by Gasteiger charge is 2.40. The minimum atomic E-state index is -0.286. The molecule has 4 rings (SSSR count). The van der Waals surface area contributed by atoms with Gasteiger partial charge in [-0.2, -0.15) is 0 Å². The fourth-order valence-corrected chi connectivity index (χ4v) is 3.32. The number of nitrogens with zero attached hydrogens (tertiary/aromatic N) is 1. The molecule has 0 amide bonds. The van der Waals surface area contributed by atoms with E-state index >= 15 is 0 Å². The van der Waals surface area contributed by atoms with E-state index in [1.165, 1.54) is 0 Å². The van der Waals surface area contributed by atoms with E-state index < -0.39 is 0 Å². The van der Waals surface area contributed by atoms with Crippen LogP contribution < -0.4 is 4.74 Å². The summed E-state index contributed by atoms with van der Waals surface area (Å²) in [6.07, 6.45) is 4.17. The number of benzene rings is 1. The van der Waals surface area contributed by atoms with Gasteiger partial charge in [0, 0.05) is 5.56 Å². The van der Waals surface area contributed by atoms with Crippen LogP contribution in [0.1, 0.15) is 38.2 Å². The molecule has 3 aliphatic rings. The summed E-state index contributed by atoms with van der Waals surface area (Å²) in [6, 6.07) is 7.95. The molecule has 3 fully saturated rings. The molecule has 2 unspecified atom stereocenters. The van der Waals surface area contributed by atoms with Gasteiger partial charge in [0.15, 0.2) is 0 Å². The van der Waals surface area contributed by atoms with Crippen molar-refractivity contribution in [2.24, 2.45) is 5.92 Å². The quantitative estimate of drug-likeness (QED) is 0.678. The zero-order valence-electron chi connectivity index (χ0n) is 13.7. The van der Waals surface area contributed by atoms with Crippen molar-refractivity contribution in [3.05, 3.63) is 29.8 Å². The number of ether oxygens (including phenoxy) is 1. The summed E-state index contributed by atoms with van der Waals surface area (Å²) in [7, 11) is 0. The maximum atomic E-state index is 10.3. The van der Waals surface area contributed by atoms with Gasteiger partial charge in [-0.3, -0.25) is 4.90 Å². The zero-order valence-corrected chi connectivity index (χ0v) is 14.5. The van der Waals surface area contributed by atoms with Crippen molar-refractivity contribution in [2.45, 2.75) is 44.8 Å². The average Bonchev–Trinajstić information content (AvgIpc) is 2.56. The maximum Gasteiger partial charge on any atom is 0.119 e. The van der Waals surface area contributed by atoms with Crippen LogP contribution in [0.3, 0.4) is 0 Å². The molecule has 3 heterocycles. The van der Waals surface area contributed by atoms with Gasteiger partial charge in [0.05, 0.1) is 18.8 Å². The minimum absolute atomic E-state index is 0. The van der Waals surface area contributed by atoms with Gasteiger partial charge in [0.25, 0.3) is 0 Å². The molecule has 2 atom stereocenters. The summed E-state index contributed by atoms with van der Waals surface area (Å²) in [6.45, 7) is 5.08. The second-order valence-corrected chi connectivity index (χ2v) is 6.30. The van der Waals surface area contributed by atoms with Crippen molar-refractivity contribution in [3.63, 3.8) is 0 Å². The van der Waals surface area contributed by atoms with Gasteiger partial charge in [-0.25, -0.2) is 0 Å². The molecule has 0 aromatic heterocycles. The van der Waals surface area contributed by atoms with Gasteiger partial charge in [0.2, 0.25) is 0 Å². The number of rotatable bonds is 4. The van der Waals surface area contributed by atoms with Crippen LogP contribution in [0, 0.1) is 17.8 Å². The molecule has 1 aromatic rings. The molecular formula is C19H26ClNO2. The van der Waals surface area contributed by atoms with Gasteiger partial charge >= 0.3 is 0 Å². The summed E-state index contributed by atoms with van der Waals surface area (Å²) in [5.41, 5.74) is 0.984. The number of fused-ring (bicyclic) bond motifs is 3. The number of piperidine rings is 3. The van der Waals surface area contributed by atoms with E-state index in [9.17, 15) is 5.11 Å². The van der Waals surface area contributed by atoms with Crippen LogP contribution in [0.5, 0.6) is 5.75 Å². The summed E-state index contributed by atoms with van der Waals surface area (Å²) in [5.74, 6) is 7.84. The third-order valence-electron chi connectivity index (χ3n) is 4.76. The van der Waals surface area contributed by atoms with Crippen molar-refractivity contribution in [1.29, 1.82) is 0 Å². The third-order valence-corrected chi connectivity index (χ3v) is 4.76. The topological polar surface area (TPSA) is 32.7 Å². The van der Waals surface area contributed by atoms with Gasteiger partial charge in [-0.05, 0) is 62.5 Å². The molecule has 0 spiro atoms. The molecule has 0 radical (unpaired) electrons. The lowest BCUT2D eigenvalue weighted by Gasteiger charge is -2.46. The Labute approximate surface area is 145 Å². The molecule has 4 heteroatoms. The molecule has 3 aliphatic heterocycles. The lowest BCUT2D eigenvalue weighted by Crippen LogP contribution is -2.57. The first-order valence-corrected chi connectivity index (χ1v) is 8.44. The summed E-state index contributed by atoms with van der Waals surface area (Å²) in [5, 5.41) is 10.3. The molecule has 2 bridgehead atoms. The Bertz CT molecular complexity index is 539.